The number of rotatable bonds is 8. The van der Waals surface area contributed by atoms with E-state index in [1.807, 2.05) is 38.1 Å². The molecule has 1 unspecified atom stereocenters. The smallest absolute Gasteiger partial charge is 0.268 e. The largest absolute Gasteiger partial charge is 0.356 e. The lowest BCUT2D eigenvalue weighted by Crippen LogP contribution is -2.56. The molecule has 2 atom stereocenters. The number of carbonyl (C=O) groups excluding carboxylic acids is 4. The summed E-state index contributed by atoms with van der Waals surface area (Å²) in [7, 11) is 0. The highest BCUT2D eigenvalue weighted by Gasteiger charge is 2.31. The fourth-order valence-electron chi connectivity index (χ4n) is 3.67. The third-order valence-corrected chi connectivity index (χ3v) is 5.56. The highest BCUT2D eigenvalue weighted by Crippen LogP contribution is 2.16. The number of hydrogen-bond donors (Lipinski definition) is 4. The number of hydrogen-bond acceptors (Lipinski definition) is 4. The Bertz CT molecular complexity index is 972. The van der Waals surface area contributed by atoms with Crippen molar-refractivity contribution in [3.8, 4) is 0 Å². The van der Waals surface area contributed by atoms with Crippen LogP contribution in [0.25, 0.3) is 10.9 Å². The molecule has 4 N–H and O–H groups in total. The number of halogens is 1. The number of aromatic nitrogens is 1. The van der Waals surface area contributed by atoms with Crippen LogP contribution in [-0.4, -0.2) is 58.6 Å². The van der Waals surface area contributed by atoms with Gasteiger partial charge in [0.25, 0.3) is 17.7 Å². The number of benzene rings is 1. The minimum Gasteiger partial charge on any atom is -0.356 e. The number of H-pyrrole nitrogens is 1. The summed E-state index contributed by atoms with van der Waals surface area (Å²) in [6, 6.07) is 8.33. The summed E-state index contributed by atoms with van der Waals surface area (Å²) in [6.45, 7) is 4.41. The SMILES string of the molecule is CC(C)C[C@@H](NC(=O)c1cc2ccccc2[nH]1)C(=O)NN(CC1CCNC1=O)C(=O)CCl. The normalized spacial score (nSPS) is 16.6. The quantitative estimate of drug-likeness (QED) is 0.351. The number of aromatic amines is 1. The van der Waals surface area contributed by atoms with Gasteiger partial charge in [0.15, 0.2) is 0 Å². The molecule has 1 aromatic heterocycles. The molecule has 1 fully saturated rings. The Hall–Kier alpha value is -3.07. The van der Waals surface area contributed by atoms with Crippen molar-refractivity contribution in [1.82, 2.24) is 26.1 Å². The second kappa shape index (κ2) is 10.5. The third kappa shape index (κ3) is 5.79. The molecule has 1 aliphatic rings. The van der Waals surface area contributed by atoms with Crippen LogP contribution < -0.4 is 16.1 Å². The Labute approximate surface area is 191 Å². The summed E-state index contributed by atoms with van der Waals surface area (Å²) in [6.07, 6.45) is 0.929. The zero-order valence-electron chi connectivity index (χ0n) is 18.1. The number of hydrazine groups is 1. The van der Waals surface area contributed by atoms with Crippen molar-refractivity contribution in [1.29, 1.82) is 0 Å². The fourth-order valence-corrected chi connectivity index (χ4v) is 3.81. The van der Waals surface area contributed by atoms with Crippen molar-refractivity contribution in [2.24, 2.45) is 11.8 Å². The molecule has 1 aromatic carbocycles. The Balaban J connectivity index is 1.72. The van der Waals surface area contributed by atoms with Crippen molar-refractivity contribution < 1.29 is 19.2 Å². The van der Waals surface area contributed by atoms with Crippen LogP contribution in [0, 0.1) is 11.8 Å². The van der Waals surface area contributed by atoms with Crippen LogP contribution in [0.1, 0.15) is 37.2 Å². The molecule has 0 radical (unpaired) electrons. The first-order valence-corrected chi connectivity index (χ1v) is 11.1. The standard InChI is InChI=1S/C22H28ClN5O4/c1-13(2)9-17(26-21(31)18-10-14-5-3-4-6-16(14)25-18)22(32)27-28(19(29)11-23)12-15-7-8-24-20(15)30/h3-6,10,13,15,17,25H,7-9,11-12H2,1-2H3,(H,24,30)(H,26,31)(H,27,32)/t15?,17-/m1/s1. The van der Waals surface area contributed by atoms with E-state index in [1.54, 1.807) is 6.07 Å². The van der Waals surface area contributed by atoms with Crippen molar-refractivity contribution in [2.45, 2.75) is 32.7 Å². The summed E-state index contributed by atoms with van der Waals surface area (Å²) < 4.78 is 0. The molecule has 10 heteroatoms. The van der Waals surface area contributed by atoms with Crippen molar-refractivity contribution in [2.75, 3.05) is 19.0 Å². The highest BCUT2D eigenvalue weighted by atomic mass is 35.5. The first-order chi connectivity index (χ1) is 15.3. The molecule has 172 valence electrons. The van der Waals surface area contributed by atoms with Gasteiger partial charge < -0.3 is 15.6 Å². The van der Waals surface area contributed by atoms with Crippen molar-refractivity contribution in [3.63, 3.8) is 0 Å². The van der Waals surface area contributed by atoms with E-state index in [4.69, 9.17) is 11.6 Å². The van der Waals surface area contributed by atoms with Gasteiger partial charge in [0.2, 0.25) is 5.91 Å². The minimum absolute atomic E-state index is 0.0213. The van der Waals surface area contributed by atoms with Crippen LogP contribution in [-0.2, 0) is 14.4 Å². The topological polar surface area (TPSA) is 123 Å². The lowest BCUT2D eigenvalue weighted by molar-refractivity contribution is -0.142. The van der Waals surface area contributed by atoms with E-state index in [9.17, 15) is 19.2 Å². The fraction of sp³-hybridized carbons (Fsp3) is 0.455. The molecule has 1 aliphatic heterocycles. The molecule has 2 aromatic rings. The molecular weight excluding hydrogens is 434 g/mol. The first kappa shape index (κ1) is 23.6. The predicted octanol–water partition coefficient (Wildman–Crippen LogP) is 1.55. The van der Waals surface area contributed by atoms with Crippen LogP contribution in [0.15, 0.2) is 30.3 Å². The van der Waals surface area contributed by atoms with E-state index >= 15 is 0 Å². The first-order valence-electron chi connectivity index (χ1n) is 10.6. The van der Waals surface area contributed by atoms with Gasteiger partial charge in [-0.3, -0.25) is 29.6 Å². The summed E-state index contributed by atoms with van der Waals surface area (Å²) in [4.78, 5) is 53.1. The predicted molar refractivity (Wildman–Crippen MR) is 121 cm³/mol. The molecule has 2 heterocycles. The Morgan fingerprint density at radius 2 is 2.00 bits per heavy atom. The summed E-state index contributed by atoms with van der Waals surface area (Å²) in [5.41, 5.74) is 3.71. The van der Waals surface area contributed by atoms with Gasteiger partial charge in [-0.2, -0.15) is 0 Å². The Morgan fingerprint density at radius 1 is 1.25 bits per heavy atom. The zero-order valence-corrected chi connectivity index (χ0v) is 18.9. The van der Waals surface area contributed by atoms with Gasteiger partial charge in [-0.15, -0.1) is 11.6 Å². The van der Waals surface area contributed by atoms with Gasteiger partial charge in [0, 0.05) is 17.4 Å². The summed E-state index contributed by atoms with van der Waals surface area (Å²) in [5, 5.41) is 7.43. The number of carbonyl (C=O) groups is 4. The van der Waals surface area contributed by atoms with Gasteiger partial charge in [-0.1, -0.05) is 32.0 Å². The molecular formula is C22H28ClN5O4. The maximum Gasteiger partial charge on any atom is 0.268 e. The van der Waals surface area contributed by atoms with Crippen LogP contribution in [0.2, 0.25) is 0 Å². The number of amides is 4. The molecule has 9 nitrogen and oxygen atoms in total. The lowest BCUT2D eigenvalue weighted by Gasteiger charge is -2.28. The van der Waals surface area contributed by atoms with Crippen LogP contribution in [0.3, 0.4) is 0 Å². The van der Waals surface area contributed by atoms with Crippen molar-refractivity contribution in [3.05, 3.63) is 36.0 Å². The van der Waals surface area contributed by atoms with E-state index in [0.717, 1.165) is 15.9 Å². The maximum atomic E-state index is 13.0. The summed E-state index contributed by atoms with van der Waals surface area (Å²) >= 11 is 5.70. The highest BCUT2D eigenvalue weighted by molar-refractivity contribution is 6.27. The number of para-hydroxylation sites is 1. The van der Waals surface area contributed by atoms with Gasteiger partial charge in [-0.25, -0.2) is 0 Å². The lowest BCUT2D eigenvalue weighted by atomic mass is 10.0. The summed E-state index contributed by atoms with van der Waals surface area (Å²) in [5.74, 6) is -2.32. The average molecular weight is 462 g/mol. The van der Waals surface area contributed by atoms with E-state index in [0.29, 0.717) is 25.1 Å². The molecule has 1 saturated heterocycles. The monoisotopic (exact) mass is 461 g/mol. The van der Waals surface area contributed by atoms with E-state index in [2.05, 4.69) is 21.0 Å². The van der Waals surface area contributed by atoms with E-state index in [1.165, 1.54) is 0 Å². The Morgan fingerprint density at radius 3 is 2.62 bits per heavy atom. The maximum absolute atomic E-state index is 13.0. The van der Waals surface area contributed by atoms with Gasteiger partial charge in [0.05, 0.1) is 12.5 Å². The molecule has 4 amide bonds. The molecule has 0 saturated carbocycles. The van der Waals surface area contributed by atoms with Crippen molar-refractivity contribution >= 4 is 46.1 Å². The molecule has 3 rings (SSSR count). The Kier molecular flexibility index (Phi) is 7.74. The number of fused-ring (bicyclic) bond motifs is 1. The number of nitrogens with zero attached hydrogens (tertiary/aromatic N) is 1. The second-order valence-electron chi connectivity index (χ2n) is 8.32. The third-order valence-electron chi connectivity index (χ3n) is 5.33. The zero-order chi connectivity index (χ0) is 23.3. The van der Waals surface area contributed by atoms with E-state index < -0.39 is 29.7 Å². The molecule has 0 aliphatic carbocycles. The number of nitrogens with one attached hydrogen (secondary N) is 4. The van der Waals surface area contributed by atoms with Crippen LogP contribution in [0.5, 0.6) is 0 Å². The number of alkyl halides is 1. The average Bonchev–Trinajstić information content (AvgIpc) is 3.37. The van der Waals surface area contributed by atoms with Gasteiger partial charge in [-0.05, 0) is 30.9 Å². The van der Waals surface area contributed by atoms with Gasteiger partial charge in [0.1, 0.15) is 17.6 Å². The molecule has 32 heavy (non-hydrogen) atoms. The molecule has 0 spiro atoms. The van der Waals surface area contributed by atoms with E-state index in [-0.39, 0.29) is 24.2 Å². The van der Waals surface area contributed by atoms with Crippen LogP contribution in [0.4, 0.5) is 0 Å². The van der Waals surface area contributed by atoms with Gasteiger partial charge >= 0.3 is 0 Å². The minimum atomic E-state index is -0.878. The molecule has 0 bridgehead atoms. The second-order valence-corrected chi connectivity index (χ2v) is 8.58. The van der Waals surface area contributed by atoms with Crippen LogP contribution >= 0.6 is 11.6 Å².